The van der Waals surface area contributed by atoms with Crippen LogP contribution in [0, 0.1) is 0 Å². The number of urea groups is 1. The van der Waals surface area contributed by atoms with Gasteiger partial charge >= 0.3 is 6.03 Å². The van der Waals surface area contributed by atoms with Crippen LogP contribution in [0.5, 0.6) is 0 Å². The van der Waals surface area contributed by atoms with Crippen molar-refractivity contribution in [1.29, 1.82) is 0 Å². The van der Waals surface area contributed by atoms with Crippen molar-refractivity contribution < 1.29 is 9.59 Å². The molecule has 0 aromatic rings. The van der Waals surface area contributed by atoms with E-state index in [-0.39, 0.29) is 11.9 Å². The van der Waals surface area contributed by atoms with Crippen LogP contribution in [0.1, 0.15) is 39.5 Å². The maximum absolute atomic E-state index is 12.1. The second kappa shape index (κ2) is 6.54. The molecule has 0 aromatic carbocycles. The number of hydrogen-bond donors (Lipinski definition) is 3. The summed E-state index contributed by atoms with van der Waals surface area (Å²) in [6, 6.07) is 0.909. The van der Waals surface area contributed by atoms with Crippen molar-refractivity contribution >= 4 is 11.9 Å². The minimum absolute atomic E-state index is 0.232. The molecule has 6 heteroatoms. The minimum Gasteiger partial charge on any atom is -0.338 e. The molecule has 0 spiro atoms. The van der Waals surface area contributed by atoms with Crippen molar-refractivity contribution in [2.24, 2.45) is 0 Å². The average Bonchev–Trinajstić information content (AvgIpc) is 2.75. The van der Waals surface area contributed by atoms with Gasteiger partial charge in [-0.05, 0) is 46.6 Å². The first-order chi connectivity index (χ1) is 9.51. The minimum atomic E-state index is -0.414. The van der Waals surface area contributed by atoms with Gasteiger partial charge in [-0.25, -0.2) is 4.79 Å². The van der Waals surface area contributed by atoms with Gasteiger partial charge in [-0.1, -0.05) is 0 Å². The summed E-state index contributed by atoms with van der Waals surface area (Å²) in [7, 11) is 1.98. The van der Waals surface area contributed by atoms with Gasteiger partial charge < -0.3 is 10.6 Å². The number of amides is 3. The van der Waals surface area contributed by atoms with Gasteiger partial charge in [-0.15, -0.1) is 0 Å². The lowest BCUT2D eigenvalue weighted by Gasteiger charge is -2.38. The molecular formula is C14H26N4O2. The molecule has 0 radical (unpaired) electrons. The molecule has 20 heavy (non-hydrogen) atoms. The van der Waals surface area contributed by atoms with Crippen LogP contribution in [0.15, 0.2) is 0 Å². The Bertz CT molecular complexity index is 362. The number of likely N-dealkylation sites (N-methyl/N-ethyl adjacent to an activating group) is 1. The summed E-state index contributed by atoms with van der Waals surface area (Å²) in [5, 5.41) is 8.57. The maximum Gasteiger partial charge on any atom is 0.321 e. The number of carbonyl (C=O) groups is 2. The Morgan fingerprint density at radius 1 is 1.30 bits per heavy atom. The standard InChI is InChI=1S/C14H26N4O2/c1-4-15-14(20)17-13(19)9(2)18(3)12-7-10-5-6-11(8-12)16-10/h9-12,16H,4-8H2,1-3H3,(H2,15,17,19,20). The van der Waals surface area contributed by atoms with Gasteiger partial charge in [-0.3, -0.25) is 15.0 Å². The highest BCUT2D eigenvalue weighted by atomic mass is 16.2. The van der Waals surface area contributed by atoms with Gasteiger partial charge in [-0.2, -0.15) is 0 Å². The molecule has 3 N–H and O–H groups in total. The molecular weight excluding hydrogens is 256 g/mol. The Morgan fingerprint density at radius 3 is 2.45 bits per heavy atom. The number of rotatable bonds is 4. The third-order valence-corrected chi connectivity index (χ3v) is 4.59. The lowest BCUT2D eigenvalue weighted by Crippen LogP contribution is -2.54. The number of fused-ring (bicyclic) bond motifs is 2. The molecule has 2 saturated heterocycles. The van der Waals surface area contributed by atoms with Crippen molar-refractivity contribution in [2.75, 3.05) is 13.6 Å². The molecule has 114 valence electrons. The van der Waals surface area contributed by atoms with Crippen molar-refractivity contribution in [3.8, 4) is 0 Å². The molecule has 0 aromatic heterocycles. The number of nitrogens with zero attached hydrogens (tertiary/aromatic N) is 1. The molecule has 2 bridgehead atoms. The second-order valence-electron chi connectivity index (χ2n) is 5.95. The van der Waals surface area contributed by atoms with Crippen molar-refractivity contribution in [1.82, 2.24) is 20.9 Å². The first-order valence-corrected chi connectivity index (χ1v) is 7.58. The molecule has 2 aliphatic heterocycles. The van der Waals surface area contributed by atoms with E-state index in [9.17, 15) is 9.59 Å². The van der Waals surface area contributed by atoms with Crippen LogP contribution in [-0.4, -0.2) is 54.6 Å². The topological polar surface area (TPSA) is 73.5 Å². The summed E-state index contributed by atoms with van der Waals surface area (Å²) >= 11 is 0. The third kappa shape index (κ3) is 3.49. The number of carbonyl (C=O) groups excluding carboxylic acids is 2. The zero-order valence-electron chi connectivity index (χ0n) is 12.6. The number of hydrogen-bond acceptors (Lipinski definition) is 4. The van der Waals surface area contributed by atoms with Crippen LogP contribution < -0.4 is 16.0 Å². The molecule has 3 atom stereocenters. The molecule has 2 aliphatic rings. The highest BCUT2D eigenvalue weighted by molar-refractivity contribution is 5.96. The number of piperidine rings is 1. The summed E-state index contributed by atoms with van der Waals surface area (Å²) in [5.74, 6) is -0.232. The average molecular weight is 282 g/mol. The zero-order valence-corrected chi connectivity index (χ0v) is 12.6. The quantitative estimate of drug-likeness (QED) is 0.699. The highest BCUT2D eigenvalue weighted by Gasteiger charge is 2.37. The van der Waals surface area contributed by atoms with Gasteiger partial charge in [0.2, 0.25) is 5.91 Å². The molecule has 0 saturated carbocycles. The summed E-state index contributed by atoms with van der Waals surface area (Å²) < 4.78 is 0. The maximum atomic E-state index is 12.1. The number of imide groups is 1. The lowest BCUT2D eigenvalue weighted by molar-refractivity contribution is -0.125. The van der Waals surface area contributed by atoms with E-state index in [1.807, 2.05) is 20.9 Å². The molecule has 3 unspecified atom stereocenters. The smallest absolute Gasteiger partial charge is 0.321 e. The van der Waals surface area contributed by atoms with Gasteiger partial charge in [0.1, 0.15) is 0 Å². The Kier molecular flexibility index (Phi) is 4.99. The SMILES string of the molecule is CCNC(=O)NC(=O)C(C)N(C)C1CC2CCC(C1)N2. The molecule has 2 fully saturated rings. The summed E-state index contributed by atoms with van der Waals surface area (Å²) in [4.78, 5) is 25.6. The van der Waals surface area contributed by atoms with E-state index >= 15 is 0 Å². The van der Waals surface area contributed by atoms with Crippen LogP contribution in [0.3, 0.4) is 0 Å². The summed E-state index contributed by atoms with van der Waals surface area (Å²) in [6.07, 6.45) is 4.67. The van der Waals surface area contributed by atoms with Crippen molar-refractivity contribution in [3.63, 3.8) is 0 Å². The molecule has 3 amide bonds. The fourth-order valence-electron chi connectivity index (χ4n) is 3.28. The van der Waals surface area contributed by atoms with Crippen LogP contribution in [0.25, 0.3) is 0 Å². The van der Waals surface area contributed by atoms with Crippen molar-refractivity contribution in [3.05, 3.63) is 0 Å². The first-order valence-electron chi connectivity index (χ1n) is 7.58. The van der Waals surface area contributed by atoms with E-state index < -0.39 is 6.03 Å². The Labute approximate surface area is 120 Å². The van der Waals surface area contributed by atoms with E-state index in [2.05, 4.69) is 20.9 Å². The normalized spacial score (nSPS) is 30.1. The van der Waals surface area contributed by atoms with Crippen LogP contribution in [-0.2, 0) is 4.79 Å². The van der Waals surface area contributed by atoms with E-state index in [1.54, 1.807) is 0 Å². The van der Waals surface area contributed by atoms with E-state index in [1.165, 1.54) is 12.8 Å². The Morgan fingerprint density at radius 2 is 1.90 bits per heavy atom. The van der Waals surface area contributed by atoms with E-state index in [4.69, 9.17) is 0 Å². The molecule has 2 rings (SSSR count). The first kappa shape index (κ1) is 15.3. The molecule has 2 heterocycles. The zero-order chi connectivity index (χ0) is 14.7. The van der Waals surface area contributed by atoms with Crippen LogP contribution in [0.2, 0.25) is 0 Å². The van der Waals surface area contributed by atoms with Crippen LogP contribution in [0.4, 0.5) is 4.79 Å². The highest BCUT2D eigenvalue weighted by Crippen LogP contribution is 2.29. The third-order valence-electron chi connectivity index (χ3n) is 4.59. The number of nitrogens with one attached hydrogen (secondary N) is 3. The van der Waals surface area contributed by atoms with E-state index in [0.29, 0.717) is 24.7 Å². The monoisotopic (exact) mass is 282 g/mol. The Balaban J connectivity index is 1.86. The van der Waals surface area contributed by atoms with Gasteiger partial charge in [0.15, 0.2) is 0 Å². The fourth-order valence-corrected chi connectivity index (χ4v) is 3.28. The largest absolute Gasteiger partial charge is 0.338 e. The fraction of sp³-hybridized carbons (Fsp3) is 0.857. The van der Waals surface area contributed by atoms with Gasteiger partial charge in [0, 0.05) is 24.7 Å². The van der Waals surface area contributed by atoms with E-state index in [0.717, 1.165) is 12.8 Å². The molecule has 0 aliphatic carbocycles. The molecule has 6 nitrogen and oxygen atoms in total. The predicted molar refractivity (Wildman–Crippen MR) is 77.4 cm³/mol. The van der Waals surface area contributed by atoms with Crippen LogP contribution >= 0.6 is 0 Å². The second-order valence-corrected chi connectivity index (χ2v) is 5.95. The lowest BCUT2D eigenvalue weighted by atomic mass is 9.97. The summed E-state index contributed by atoms with van der Waals surface area (Å²) in [6.45, 7) is 4.20. The van der Waals surface area contributed by atoms with Gasteiger partial charge in [0.05, 0.1) is 6.04 Å². The van der Waals surface area contributed by atoms with Gasteiger partial charge in [0.25, 0.3) is 0 Å². The Hall–Kier alpha value is -1.14. The summed E-state index contributed by atoms with van der Waals surface area (Å²) in [5.41, 5.74) is 0. The van der Waals surface area contributed by atoms with Crippen molar-refractivity contribution in [2.45, 2.75) is 63.7 Å². The predicted octanol–water partition coefficient (Wildman–Crippen LogP) is 0.435.